The standard InChI is InChI=1S/C28H31N3O7S2/c1-4-36-26(32)20-31(40(33,34)30(2)22-9-6-5-7-10-22)19-21-12-14-23(15-13-21)37-17-16-24-28(35-3)38-27(29-24)25-11-8-18-39-25/h5-15,18H,4,16-17,19-20H2,1-3H3. The Kier molecular flexibility index (Phi) is 9.80. The van der Waals surface area contributed by atoms with E-state index in [1.54, 1.807) is 61.5 Å². The molecule has 0 aliphatic rings. The summed E-state index contributed by atoms with van der Waals surface area (Å²) in [6.45, 7) is 1.71. The van der Waals surface area contributed by atoms with Gasteiger partial charge < -0.3 is 18.6 Å². The number of hydrogen-bond donors (Lipinski definition) is 0. The van der Waals surface area contributed by atoms with E-state index in [-0.39, 0.29) is 13.2 Å². The summed E-state index contributed by atoms with van der Waals surface area (Å²) >= 11 is 1.53. The van der Waals surface area contributed by atoms with Crippen molar-refractivity contribution in [1.29, 1.82) is 0 Å². The fraction of sp³-hybridized carbons (Fsp3) is 0.286. The van der Waals surface area contributed by atoms with E-state index in [1.807, 2.05) is 17.5 Å². The highest BCUT2D eigenvalue weighted by molar-refractivity contribution is 7.90. The number of esters is 1. The van der Waals surface area contributed by atoms with Crippen molar-refractivity contribution < 1.29 is 31.8 Å². The monoisotopic (exact) mass is 585 g/mol. The van der Waals surface area contributed by atoms with Gasteiger partial charge in [-0.25, -0.2) is 4.98 Å². The van der Waals surface area contributed by atoms with Crippen LogP contribution in [-0.4, -0.2) is 57.6 Å². The Morgan fingerprint density at radius 1 is 1.05 bits per heavy atom. The number of aromatic nitrogens is 1. The molecule has 10 nitrogen and oxygen atoms in total. The van der Waals surface area contributed by atoms with Crippen LogP contribution in [0.15, 0.2) is 76.5 Å². The number of carbonyl (C=O) groups excluding carboxylic acids is 1. The summed E-state index contributed by atoms with van der Waals surface area (Å²) in [5.74, 6) is 0.834. The van der Waals surface area contributed by atoms with E-state index in [0.29, 0.717) is 47.6 Å². The number of para-hydroxylation sites is 1. The first-order chi connectivity index (χ1) is 19.3. The molecule has 4 aromatic rings. The van der Waals surface area contributed by atoms with Gasteiger partial charge in [0, 0.05) is 20.0 Å². The van der Waals surface area contributed by atoms with Crippen molar-refractivity contribution in [2.24, 2.45) is 0 Å². The first-order valence-corrected chi connectivity index (χ1v) is 14.8. The fourth-order valence-electron chi connectivity index (χ4n) is 3.84. The molecule has 40 heavy (non-hydrogen) atoms. The van der Waals surface area contributed by atoms with Gasteiger partial charge in [-0.3, -0.25) is 9.10 Å². The maximum absolute atomic E-state index is 13.4. The molecule has 2 heterocycles. The summed E-state index contributed by atoms with van der Waals surface area (Å²) in [6.07, 6.45) is 0.469. The smallest absolute Gasteiger partial charge is 0.321 e. The molecule has 0 unspecified atom stereocenters. The first kappa shape index (κ1) is 29.1. The van der Waals surface area contributed by atoms with E-state index in [0.717, 1.165) is 13.5 Å². The summed E-state index contributed by atoms with van der Waals surface area (Å²) in [6, 6.07) is 19.5. The van der Waals surface area contributed by atoms with Crippen LogP contribution in [0.3, 0.4) is 0 Å². The van der Waals surface area contributed by atoms with E-state index >= 15 is 0 Å². The predicted molar refractivity (Wildman–Crippen MR) is 153 cm³/mol. The second-order valence-corrected chi connectivity index (χ2v) is 11.5. The van der Waals surface area contributed by atoms with E-state index in [9.17, 15) is 13.2 Å². The molecule has 0 fully saturated rings. The zero-order valence-electron chi connectivity index (χ0n) is 22.5. The molecular formula is C28H31N3O7S2. The molecule has 0 radical (unpaired) electrons. The third kappa shape index (κ3) is 7.20. The lowest BCUT2D eigenvalue weighted by Crippen LogP contribution is -2.44. The molecule has 0 spiro atoms. The number of benzene rings is 2. The van der Waals surface area contributed by atoms with Gasteiger partial charge in [0.25, 0.3) is 0 Å². The Morgan fingerprint density at radius 3 is 2.45 bits per heavy atom. The molecule has 0 bridgehead atoms. The van der Waals surface area contributed by atoms with E-state index in [4.69, 9.17) is 18.6 Å². The highest BCUT2D eigenvalue weighted by Gasteiger charge is 2.30. The minimum atomic E-state index is -4.03. The summed E-state index contributed by atoms with van der Waals surface area (Å²) < 4.78 is 51.1. The number of rotatable bonds is 14. The van der Waals surface area contributed by atoms with Crippen LogP contribution in [0.25, 0.3) is 10.8 Å². The van der Waals surface area contributed by atoms with E-state index in [2.05, 4.69) is 4.98 Å². The molecule has 0 N–H and O–H groups in total. The van der Waals surface area contributed by atoms with Crippen LogP contribution in [0.1, 0.15) is 18.2 Å². The number of methoxy groups -OCH3 is 1. The average molecular weight is 586 g/mol. The minimum Gasteiger partial charge on any atom is -0.493 e. The summed E-state index contributed by atoms with van der Waals surface area (Å²) in [5.41, 5.74) is 1.82. The molecule has 0 saturated carbocycles. The number of thiophene rings is 1. The molecule has 212 valence electrons. The largest absolute Gasteiger partial charge is 0.493 e. The second-order valence-electron chi connectivity index (χ2n) is 8.56. The number of carbonyl (C=O) groups is 1. The zero-order valence-corrected chi connectivity index (χ0v) is 24.1. The lowest BCUT2D eigenvalue weighted by Gasteiger charge is -2.28. The molecular weight excluding hydrogens is 554 g/mol. The van der Waals surface area contributed by atoms with Gasteiger partial charge >= 0.3 is 22.1 Å². The van der Waals surface area contributed by atoms with Gasteiger partial charge in [-0.2, -0.15) is 12.7 Å². The van der Waals surface area contributed by atoms with Crippen LogP contribution in [0.4, 0.5) is 5.69 Å². The Hall–Kier alpha value is -3.87. The van der Waals surface area contributed by atoms with E-state index < -0.39 is 22.7 Å². The average Bonchev–Trinajstić information content (AvgIpc) is 3.64. The molecule has 2 aromatic carbocycles. The number of nitrogens with zero attached hydrogens (tertiary/aromatic N) is 3. The molecule has 0 atom stereocenters. The van der Waals surface area contributed by atoms with Gasteiger partial charge in [-0.05, 0) is 48.2 Å². The van der Waals surface area contributed by atoms with Crippen LogP contribution in [-0.2, 0) is 32.7 Å². The number of anilines is 1. The topological polar surface area (TPSA) is 111 Å². The zero-order chi connectivity index (χ0) is 28.5. The molecule has 0 amide bonds. The number of hydrogen-bond acceptors (Lipinski definition) is 9. The summed E-state index contributed by atoms with van der Waals surface area (Å²) in [7, 11) is -1.05. The first-order valence-electron chi connectivity index (χ1n) is 12.6. The fourth-order valence-corrected chi connectivity index (χ4v) is 5.80. The Balaban J connectivity index is 1.41. The minimum absolute atomic E-state index is 0.0275. The number of oxazole rings is 1. The van der Waals surface area contributed by atoms with Gasteiger partial charge in [0.05, 0.1) is 30.9 Å². The number of ether oxygens (including phenoxy) is 3. The maximum Gasteiger partial charge on any atom is 0.321 e. The van der Waals surface area contributed by atoms with Gasteiger partial charge in [-0.15, -0.1) is 11.3 Å². The molecule has 0 aliphatic heterocycles. The van der Waals surface area contributed by atoms with Crippen molar-refractivity contribution in [3.8, 4) is 22.5 Å². The van der Waals surface area contributed by atoms with Crippen molar-refractivity contribution in [1.82, 2.24) is 9.29 Å². The third-order valence-corrected chi connectivity index (χ3v) is 8.54. The van der Waals surface area contributed by atoms with Crippen LogP contribution in [0, 0.1) is 0 Å². The van der Waals surface area contributed by atoms with Gasteiger partial charge in [0.1, 0.15) is 18.0 Å². The Labute approximate surface area is 237 Å². The van der Waals surface area contributed by atoms with Crippen LogP contribution in [0.2, 0.25) is 0 Å². The third-order valence-electron chi connectivity index (χ3n) is 5.87. The van der Waals surface area contributed by atoms with Crippen molar-refractivity contribution in [2.75, 3.05) is 38.2 Å². The molecule has 0 saturated heterocycles. The molecule has 2 aromatic heterocycles. The SMILES string of the molecule is CCOC(=O)CN(Cc1ccc(OCCc2nc(-c3cccs3)oc2OC)cc1)S(=O)(=O)N(C)c1ccccc1. The maximum atomic E-state index is 13.4. The van der Waals surface area contributed by atoms with Gasteiger partial charge in [0.2, 0.25) is 5.89 Å². The predicted octanol–water partition coefficient (Wildman–Crippen LogP) is 4.78. The molecule has 4 rings (SSSR count). The van der Waals surface area contributed by atoms with Gasteiger partial charge in [0.15, 0.2) is 0 Å². The van der Waals surface area contributed by atoms with E-state index in [1.165, 1.54) is 25.5 Å². The lowest BCUT2D eigenvalue weighted by atomic mass is 10.2. The highest BCUT2D eigenvalue weighted by Crippen LogP contribution is 2.30. The van der Waals surface area contributed by atoms with Crippen LogP contribution < -0.4 is 13.8 Å². The van der Waals surface area contributed by atoms with Crippen molar-refractivity contribution in [3.63, 3.8) is 0 Å². The second kappa shape index (κ2) is 13.5. The highest BCUT2D eigenvalue weighted by atomic mass is 32.2. The van der Waals surface area contributed by atoms with Crippen molar-refractivity contribution >= 4 is 33.2 Å². The lowest BCUT2D eigenvalue weighted by molar-refractivity contribution is -0.143. The summed E-state index contributed by atoms with van der Waals surface area (Å²) in [5, 5.41) is 1.95. The summed E-state index contributed by atoms with van der Waals surface area (Å²) in [4.78, 5) is 17.7. The Bertz CT molecular complexity index is 1470. The molecule has 12 heteroatoms. The van der Waals surface area contributed by atoms with Crippen molar-refractivity contribution in [2.45, 2.75) is 19.9 Å². The normalized spacial score (nSPS) is 11.4. The van der Waals surface area contributed by atoms with Crippen molar-refractivity contribution in [3.05, 3.63) is 83.4 Å². The van der Waals surface area contributed by atoms with Crippen LogP contribution in [0.5, 0.6) is 11.7 Å². The van der Waals surface area contributed by atoms with Crippen LogP contribution >= 0.6 is 11.3 Å². The van der Waals surface area contributed by atoms with Gasteiger partial charge in [-0.1, -0.05) is 36.4 Å². The quantitative estimate of drug-likeness (QED) is 0.195. The molecule has 0 aliphatic carbocycles. The Morgan fingerprint density at radius 2 is 1.80 bits per heavy atom.